The molecule has 0 aromatic heterocycles. The highest BCUT2D eigenvalue weighted by Crippen LogP contribution is 1.98. The fraction of sp³-hybridized carbons (Fsp3) is 0.800. The summed E-state index contributed by atoms with van der Waals surface area (Å²) in [5.41, 5.74) is 0. The van der Waals surface area contributed by atoms with Crippen molar-refractivity contribution in [2.24, 2.45) is 0 Å². The maximum Gasteiger partial charge on any atom is 0.332 e. The first-order valence-electron chi connectivity index (χ1n) is 5.35. The minimum Gasteiger partial charge on any atom is -0.464 e. The van der Waals surface area contributed by atoms with Crippen LogP contribution in [0, 0.1) is 0 Å². The molecular formula is C10H17N2O3. The molecule has 1 atom stereocenters. The van der Waals surface area contributed by atoms with Gasteiger partial charge in [0, 0.05) is 19.5 Å². The standard InChI is InChI=1S/C10H17N2O3/c1-2-3-6-15-10(14)8-7-11-5-4-9(13)12-8/h8,11H,2-7H2,1H3. The first-order valence-corrected chi connectivity index (χ1v) is 5.35. The summed E-state index contributed by atoms with van der Waals surface area (Å²) in [6.07, 6.45) is 2.19. The number of carbonyl (C=O) groups is 2. The zero-order chi connectivity index (χ0) is 11.1. The Bertz CT molecular complexity index is 231. The minimum absolute atomic E-state index is 0.225. The molecule has 1 saturated heterocycles. The highest BCUT2D eigenvalue weighted by molar-refractivity contribution is 5.84. The molecular weight excluding hydrogens is 196 g/mol. The van der Waals surface area contributed by atoms with Crippen LogP contribution in [0.25, 0.3) is 0 Å². The second-order valence-electron chi connectivity index (χ2n) is 3.51. The van der Waals surface area contributed by atoms with E-state index in [0.29, 0.717) is 26.1 Å². The van der Waals surface area contributed by atoms with Crippen LogP contribution < -0.4 is 10.6 Å². The van der Waals surface area contributed by atoms with Crippen molar-refractivity contribution in [2.75, 3.05) is 19.7 Å². The normalized spacial score (nSPS) is 21.7. The molecule has 0 aliphatic carbocycles. The summed E-state index contributed by atoms with van der Waals surface area (Å²) in [4.78, 5) is 22.6. The SMILES string of the molecule is CCCCOC(=O)C1CNCCC(=O)[N]1. The molecule has 1 aliphatic rings. The lowest BCUT2D eigenvalue weighted by molar-refractivity contribution is -0.147. The van der Waals surface area contributed by atoms with Crippen molar-refractivity contribution in [1.82, 2.24) is 10.6 Å². The van der Waals surface area contributed by atoms with E-state index >= 15 is 0 Å². The van der Waals surface area contributed by atoms with Gasteiger partial charge in [0.2, 0.25) is 5.91 Å². The number of rotatable bonds is 4. The van der Waals surface area contributed by atoms with Crippen LogP contribution >= 0.6 is 0 Å². The molecule has 5 heteroatoms. The van der Waals surface area contributed by atoms with Crippen LogP contribution in [0.4, 0.5) is 0 Å². The Balaban J connectivity index is 2.33. The van der Waals surface area contributed by atoms with Crippen LogP contribution in [0.15, 0.2) is 0 Å². The average Bonchev–Trinajstić information content (AvgIpc) is 2.43. The van der Waals surface area contributed by atoms with Gasteiger partial charge in [-0.1, -0.05) is 13.3 Å². The smallest absolute Gasteiger partial charge is 0.332 e. The van der Waals surface area contributed by atoms with Crippen molar-refractivity contribution < 1.29 is 14.3 Å². The largest absolute Gasteiger partial charge is 0.464 e. The molecule has 1 unspecified atom stereocenters. The van der Waals surface area contributed by atoms with Crippen LogP contribution in [-0.4, -0.2) is 37.6 Å². The van der Waals surface area contributed by atoms with Gasteiger partial charge in [-0.2, -0.15) is 0 Å². The van der Waals surface area contributed by atoms with E-state index in [1.165, 1.54) is 0 Å². The summed E-state index contributed by atoms with van der Waals surface area (Å²) in [5, 5.41) is 6.76. The van der Waals surface area contributed by atoms with Crippen LogP contribution in [0.5, 0.6) is 0 Å². The summed E-state index contributed by atoms with van der Waals surface area (Å²) < 4.78 is 5.00. The fourth-order valence-corrected chi connectivity index (χ4v) is 1.27. The van der Waals surface area contributed by atoms with E-state index in [1.807, 2.05) is 6.92 Å². The number of unbranched alkanes of at least 4 members (excludes halogenated alkanes) is 1. The molecule has 1 radical (unpaired) electrons. The molecule has 0 aromatic carbocycles. The Kier molecular flexibility index (Phi) is 5.10. The van der Waals surface area contributed by atoms with Gasteiger partial charge >= 0.3 is 5.97 Å². The number of carbonyl (C=O) groups excluding carboxylic acids is 2. The zero-order valence-electron chi connectivity index (χ0n) is 8.99. The van der Waals surface area contributed by atoms with E-state index in [0.717, 1.165) is 12.8 Å². The molecule has 1 N–H and O–H groups in total. The molecule has 1 amide bonds. The highest BCUT2D eigenvalue weighted by atomic mass is 16.5. The Morgan fingerprint density at radius 2 is 2.47 bits per heavy atom. The third-order valence-corrected chi connectivity index (χ3v) is 2.17. The van der Waals surface area contributed by atoms with Crippen molar-refractivity contribution in [3.8, 4) is 0 Å². The number of amides is 1. The molecule has 15 heavy (non-hydrogen) atoms. The number of nitrogens with one attached hydrogen (secondary N) is 1. The molecule has 0 spiro atoms. The molecule has 1 fully saturated rings. The van der Waals surface area contributed by atoms with Gasteiger partial charge in [0.1, 0.15) is 0 Å². The minimum atomic E-state index is -0.656. The Morgan fingerprint density at radius 1 is 1.67 bits per heavy atom. The van der Waals surface area contributed by atoms with Gasteiger partial charge in [-0.25, -0.2) is 10.1 Å². The molecule has 85 valence electrons. The molecule has 0 bridgehead atoms. The predicted molar refractivity (Wildman–Crippen MR) is 54.3 cm³/mol. The lowest BCUT2D eigenvalue weighted by atomic mass is 10.3. The van der Waals surface area contributed by atoms with Gasteiger partial charge < -0.3 is 10.1 Å². The van der Waals surface area contributed by atoms with Gasteiger partial charge in [0.05, 0.1) is 6.61 Å². The second-order valence-corrected chi connectivity index (χ2v) is 3.51. The Hall–Kier alpha value is -1.10. The van der Waals surface area contributed by atoms with E-state index in [1.54, 1.807) is 0 Å². The molecule has 1 rings (SSSR count). The van der Waals surface area contributed by atoms with Crippen molar-refractivity contribution in [2.45, 2.75) is 32.2 Å². The highest BCUT2D eigenvalue weighted by Gasteiger charge is 2.25. The molecule has 5 nitrogen and oxygen atoms in total. The lowest BCUT2D eigenvalue weighted by Crippen LogP contribution is -2.40. The van der Waals surface area contributed by atoms with Gasteiger partial charge in [-0.15, -0.1) is 0 Å². The number of hydrogen-bond donors (Lipinski definition) is 1. The zero-order valence-corrected chi connectivity index (χ0v) is 8.99. The third kappa shape index (κ3) is 4.29. The Morgan fingerprint density at radius 3 is 3.20 bits per heavy atom. The summed E-state index contributed by atoms with van der Waals surface area (Å²) in [7, 11) is 0. The fourth-order valence-electron chi connectivity index (χ4n) is 1.27. The van der Waals surface area contributed by atoms with Crippen molar-refractivity contribution in [3.63, 3.8) is 0 Å². The Labute approximate surface area is 89.6 Å². The summed E-state index contributed by atoms with van der Waals surface area (Å²) >= 11 is 0. The predicted octanol–water partition coefficient (Wildman–Crippen LogP) is -0.177. The maximum absolute atomic E-state index is 11.5. The van der Waals surface area contributed by atoms with Crippen LogP contribution in [0.3, 0.4) is 0 Å². The number of hydrogen-bond acceptors (Lipinski definition) is 4. The molecule has 0 saturated carbocycles. The van der Waals surface area contributed by atoms with Gasteiger partial charge in [0.15, 0.2) is 6.04 Å². The van der Waals surface area contributed by atoms with E-state index in [2.05, 4.69) is 10.6 Å². The van der Waals surface area contributed by atoms with Gasteiger partial charge in [0.25, 0.3) is 0 Å². The molecule has 0 aromatic rings. The van der Waals surface area contributed by atoms with E-state index < -0.39 is 12.0 Å². The van der Waals surface area contributed by atoms with Gasteiger partial charge in [-0.3, -0.25) is 4.79 Å². The lowest BCUT2D eigenvalue weighted by Gasteiger charge is -2.12. The van der Waals surface area contributed by atoms with Gasteiger partial charge in [-0.05, 0) is 6.42 Å². The second kappa shape index (κ2) is 6.40. The maximum atomic E-state index is 11.5. The van der Waals surface area contributed by atoms with Crippen LogP contribution in [-0.2, 0) is 14.3 Å². The van der Waals surface area contributed by atoms with E-state index in [9.17, 15) is 9.59 Å². The summed E-state index contributed by atoms with van der Waals surface area (Å²) in [5.74, 6) is -0.622. The first-order chi connectivity index (χ1) is 7.24. The monoisotopic (exact) mass is 213 g/mol. The first kappa shape index (κ1) is 12.0. The van der Waals surface area contributed by atoms with Crippen molar-refractivity contribution in [3.05, 3.63) is 0 Å². The number of nitrogens with zero attached hydrogens (tertiary/aromatic N) is 1. The number of esters is 1. The van der Waals surface area contributed by atoms with Crippen LogP contribution in [0.1, 0.15) is 26.2 Å². The summed E-state index contributed by atoms with van der Waals surface area (Å²) in [6, 6.07) is -0.656. The third-order valence-electron chi connectivity index (χ3n) is 2.17. The molecule has 1 aliphatic heterocycles. The van der Waals surface area contributed by atoms with Crippen molar-refractivity contribution in [1.29, 1.82) is 0 Å². The van der Waals surface area contributed by atoms with E-state index in [4.69, 9.17) is 4.74 Å². The quantitative estimate of drug-likeness (QED) is 0.519. The van der Waals surface area contributed by atoms with Crippen molar-refractivity contribution >= 4 is 11.9 Å². The topological polar surface area (TPSA) is 69.5 Å². The van der Waals surface area contributed by atoms with E-state index in [-0.39, 0.29) is 5.91 Å². The summed E-state index contributed by atoms with van der Waals surface area (Å²) in [6.45, 7) is 3.42. The number of ether oxygens (including phenoxy) is 1. The molecule has 1 heterocycles. The van der Waals surface area contributed by atoms with Crippen LogP contribution in [0.2, 0.25) is 0 Å². The average molecular weight is 213 g/mol.